The fourth-order valence-electron chi connectivity index (χ4n) is 1.21. The third kappa shape index (κ3) is 4.47. The summed E-state index contributed by atoms with van der Waals surface area (Å²) in [4.78, 5) is 10.8. The summed E-state index contributed by atoms with van der Waals surface area (Å²) in [6.07, 6.45) is 0.132. The number of aliphatic hydroxyl groups excluding tert-OH is 1. The molecule has 18 heavy (non-hydrogen) atoms. The Bertz CT molecular complexity index is 402. The van der Waals surface area contributed by atoms with Crippen LogP contribution < -0.4 is 9.47 Å². The van der Waals surface area contributed by atoms with Gasteiger partial charge in [0.25, 0.3) is 0 Å². The van der Waals surface area contributed by atoms with E-state index in [1.807, 2.05) is 6.07 Å². The van der Waals surface area contributed by atoms with E-state index in [2.05, 4.69) is 11.3 Å². The lowest BCUT2D eigenvalue weighted by Gasteiger charge is -2.14. The lowest BCUT2D eigenvalue weighted by molar-refractivity contribution is -0.141. The van der Waals surface area contributed by atoms with Crippen molar-refractivity contribution in [2.24, 2.45) is 0 Å². The van der Waals surface area contributed by atoms with Gasteiger partial charge in [0.15, 0.2) is 11.5 Å². The van der Waals surface area contributed by atoms with Gasteiger partial charge >= 0.3 is 5.97 Å². The monoisotopic (exact) mass is 252 g/mol. The van der Waals surface area contributed by atoms with Crippen molar-refractivity contribution in [1.29, 1.82) is 0 Å². The van der Waals surface area contributed by atoms with E-state index in [0.717, 1.165) is 6.08 Å². The molecule has 1 aromatic carbocycles. The highest BCUT2D eigenvalue weighted by Gasteiger charge is 2.09. The summed E-state index contributed by atoms with van der Waals surface area (Å²) < 4.78 is 15.1. The molecule has 0 saturated heterocycles. The summed E-state index contributed by atoms with van der Waals surface area (Å²) in [5.74, 6) is 0.522. The number of ether oxygens (including phenoxy) is 3. The van der Waals surface area contributed by atoms with Crippen LogP contribution in [-0.4, -0.2) is 37.5 Å². The molecule has 1 aromatic rings. The molecular formula is C13H16O5. The minimum Gasteiger partial charge on any atom is -0.493 e. The lowest BCUT2D eigenvalue weighted by Crippen LogP contribution is -2.24. The number of esters is 1. The Morgan fingerprint density at radius 1 is 1.39 bits per heavy atom. The normalized spacial score (nSPS) is 11.4. The van der Waals surface area contributed by atoms with Gasteiger partial charge < -0.3 is 19.3 Å². The molecule has 1 rings (SSSR count). The van der Waals surface area contributed by atoms with Crippen LogP contribution in [0.5, 0.6) is 11.5 Å². The molecule has 0 amide bonds. The topological polar surface area (TPSA) is 65.0 Å². The number of hydrogen-bond acceptors (Lipinski definition) is 5. The number of carbonyl (C=O) groups is 1. The molecule has 1 N–H and O–H groups in total. The van der Waals surface area contributed by atoms with Gasteiger partial charge in [0, 0.05) is 6.08 Å². The van der Waals surface area contributed by atoms with Crippen LogP contribution in [-0.2, 0) is 9.53 Å². The molecule has 0 spiro atoms. The fraction of sp³-hybridized carbons (Fsp3) is 0.308. The van der Waals surface area contributed by atoms with E-state index in [1.54, 1.807) is 18.2 Å². The Hall–Kier alpha value is -2.01. The molecule has 0 aliphatic heterocycles. The summed E-state index contributed by atoms with van der Waals surface area (Å²) in [5.41, 5.74) is 0. The number of carbonyl (C=O) groups excluding carboxylic acids is 1. The van der Waals surface area contributed by atoms with Gasteiger partial charge in [-0.1, -0.05) is 18.7 Å². The van der Waals surface area contributed by atoms with Crippen LogP contribution in [0.25, 0.3) is 0 Å². The van der Waals surface area contributed by atoms with E-state index in [0.29, 0.717) is 11.5 Å². The third-order valence-corrected chi connectivity index (χ3v) is 2.08. The molecule has 0 aliphatic rings. The summed E-state index contributed by atoms with van der Waals surface area (Å²) in [6, 6.07) is 7.08. The number of methoxy groups -OCH3 is 1. The Balaban J connectivity index is 2.40. The van der Waals surface area contributed by atoms with E-state index in [9.17, 15) is 9.90 Å². The Kier molecular flexibility index (Phi) is 5.73. The van der Waals surface area contributed by atoms with Crippen molar-refractivity contribution >= 4 is 5.97 Å². The van der Waals surface area contributed by atoms with Crippen molar-refractivity contribution < 1.29 is 24.1 Å². The minimum absolute atomic E-state index is 0.00476. The van der Waals surface area contributed by atoms with Gasteiger partial charge in [0.2, 0.25) is 0 Å². The molecule has 0 fully saturated rings. The van der Waals surface area contributed by atoms with Gasteiger partial charge in [0.05, 0.1) is 7.11 Å². The van der Waals surface area contributed by atoms with E-state index >= 15 is 0 Å². The molecule has 0 aliphatic carbocycles. The number of benzene rings is 1. The molecule has 0 aromatic heterocycles. The van der Waals surface area contributed by atoms with Crippen molar-refractivity contribution in [2.75, 3.05) is 20.3 Å². The maximum absolute atomic E-state index is 10.8. The number of para-hydroxylation sites is 2. The largest absolute Gasteiger partial charge is 0.493 e. The standard InChI is InChI=1S/C13H16O5/c1-3-13(15)18-9-10(14)8-17-12-7-5-4-6-11(12)16-2/h3-7,10,14H,1,8-9H2,2H3/t10-/m1/s1. The molecule has 0 radical (unpaired) electrons. The molecule has 0 heterocycles. The zero-order chi connectivity index (χ0) is 13.4. The molecule has 0 unspecified atom stereocenters. The predicted molar refractivity (Wildman–Crippen MR) is 65.7 cm³/mol. The van der Waals surface area contributed by atoms with E-state index in [4.69, 9.17) is 9.47 Å². The van der Waals surface area contributed by atoms with Gasteiger partial charge in [-0.15, -0.1) is 0 Å². The Labute approximate surface area is 106 Å². The van der Waals surface area contributed by atoms with Crippen LogP contribution in [0.3, 0.4) is 0 Å². The summed E-state index contributed by atoms with van der Waals surface area (Å²) in [7, 11) is 1.53. The lowest BCUT2D eigenvalue weighted by atomic mass is 10.3. The fourth-order valence-corrected chi connectivity index (χ4v) is 1.21. The summed E-state index contributed by atoms with van der Waals surface area (Å²) in [6.45, 7) is 3.12. The summed E-state index contributed by atoms with van der Waals surface area (Å²) in [5, 5.41) is 9.54. The molecule has 98 valence electrons. The maximum Gasteiger partial charge on any atom is 0.330 e. The second kappa shape index (κ2) is 7.34. The first-order valence-corrected chi connectivity index (χ1v) is 5.40. The second-order valence-electron chi connectivity index (χ2n) is 3.45. The van der Waals surface area contributed by atoms with Crippen LogP contribution in [0, 0.1) is 0 Å². The van der Waals surface area contributed by atoms with Crippen molar-refractivity contribution in [1.82, 2.24) is 0 Å². The molecule has 1 atom stereocenters. The minimum atomic E-state index is -0.904. The highest BCUT2D eigenvalue weighted by Crippen LogP contribution is 2.25. The average Bonchev–Trinajstić information content (AvgIpc) is 2.42. The Morgan fingerprint density at radius 3 is 2.67 bits per heavy atom. The molecule has 0 bridgehead atoms. The predicted octanol–water partition coefficient (Wildman–Crippen LogP) is 1.16. The number of rotatable bonds is 7. The third-order valence-electron chi connectivity index (χ3n) is 2.08. The second-order valence-corrected chi connectivity index (χ2v) is 3.45. The van der Waals surface area contributed by atoms with Gasteiger partial charge in [-0.25, -0.2) is 4.79 Å². The molecule has 5 heteroatoms. The van der Waals surface area contributed by atoms with Crippen molar-refractivity contribution in [3.63, 3.8) is 0 Å². The zero-order valence-electron chi connectivity index (χ0n) is 10.2. The van der Waals surface area contributed by atoms with Crippen LogP contribution >= 0.6 is 0 Å². The van der Waals surface area contributed by atoms with Crippen molar-refractivity contribution in [3.8, 4) is 11.5 Å². The first-order valence-electron chi connectivity index (χ1n) is 5.40. The average molecular weight is 252 g/mol. The van der Waals surface area contributed by atoms with Gasteiger partial charge in [-0.05, 0) is 12.1 Å². The van der Waals surface area contributed by atoms with Crippen LogP contribution in [0.4, 0.5) is 0 Å². The van der Waals surface area contributed by atoms with Crippen LogP contribution in [0.15, 0.2) is 36.9 Å². The molecular weight excluding hydrogens is 236 g/mol. The van der Waals surface area contributed by atoms with E-state index in [1.165, 1.54) is 7.11 Å². The van der Waals surface area contributed by atoms with Crippen molar-refractivity contribution in [3.05, 3.63) is 36.9 Å². The summed E-state index contributed by atoms with van der Waals surface area (Å²) >= 11 is 0. The number of hydrogen-bond donors (Lipinski definition) is 1. The molecule has 5 nitrogen and oxygen atoms in total. The van der Waals surface area contributed by atoms with Crippen LogP contribution in [0.1, 0.15) is 0 Å². The van der Waals surface area contributed by atoms with E-state index < -0.39 is 12.1 Å². The smallest absolute Gasteiger partial charge is 0.330 e. The van der Waals surface area contributed by atoms with Gasteiger partial charge in [0.1, 0.15) is 19.3 Å². The van der Waals surface area contributed by atoms with Gasteiger partial charge in [-0.2, -0.15) is 0 Å². The van der Waals surface area contributed by atoms with E-state index in [-0.39, 0.29) is 13.2 Å². The first-order chi connectivity index (χ1) is 8.67. The quantitative estimate of drug-likeness (QED) is 0.583. The zero-order valence-corrected chi connectivity index (χ0v) is 10.2. The van der Waals surface area contributed by atoms with Gasteiger partial charge in [-0.3, -0.25) is 0 Å². The highest BCUT2D eigenvalue weighted by atomic mass is 16.6. The first kappa shape index (κ1) is 14.1. The highest BCUT2D eigenvalue weighted by molar-refractivity contribution is 5.81. The molecule has 0 saturated carbocycles. The maximum atomic E-state index is 10.8. The van der Waals surface area contributed by atoms with Crippen LogP contribution in [0.2, 0.25) is 0 Å². The Morgan fingerprint density at radius 2 is 2.06 bits per heavy atom. The SMILES string of the molecule is C=CC(=O)OC[C@H](O)COc1ccccc1OC. The van der Waals surface area contributed by atoms with Crippen molar-refractivity contribution in [2.45, 2.75) is 6.10 Å². The number of aliphatic hydroxyl groups is 1.